The quantitative estimate of drug-likeness (QED) is 0.607. The number of amides is 2. The first-order valence-electron chi connectivity index (χ1n) is 10.4. The van der Waals surface area contributed by atoms with Gasteiger partial charge in [0, 0.05) is 18.3 Å². The lowest BCUT2D eigenvalue weighted by molar-refractivity contribution is 0.0962. The lowest BCUT2D eigenvalue weighted by atomic mass is 9.80. The Morgan fingerprint density at radius 1 is 0.968 bits per heavy atom. The van der Waals surface area contributed by atoms with Crippen molar-refractivity contribution in [3.05, 3.63) is 83.2 Å². The average molecular weight is 415 g/mol. The summed E-state index contributed by atoms with van der Waals surface area (Å²) in [5.41, 5.74) is 4.36. The molecule has 4 rings (SSSR count). The Morgan fingerprint density at radius 3 is 2.35 bits per heavy atom. The van der Waals surface area contributed by atoms with Crippen molar-refractivity contribution in [3.8, 4) is 0 Å². The zero-order chi connectivity index (χ0) is 22.0. The molecule has 158 valence electrons. The first-order chi connectivity index (χ1) is 14.8. The second kappa shape index (κ2) is 8.30. The normalized spacial score (nSPS) is 15.8. The van der Waals surface area contributed by atoms with Crippen LogP contribution in [0.3, 0.4) is 0 Å². The van der Waals surface area contributed by atoms with Crippen molar-refractivity contribution < 1.29 is 9.59 Å². The third kappa shape index (κ3) is 4.79. The molecule has 2 aromatic carbocycles. The number of nitrogens with zero attached hydrogens (tertiary/aromatic N) is 2. The lowest BCUT2D eigenvalue weighted by Crippen LogP contribution is -2.24. The highest BCUT2D eigenvalue weighted by atomic mass is 16.2. The fourth-order valence-corrected chi connectivity index (χ4v) is 3.78. The number of urea groups is 1. The second-order valence-electron chi connectivity index (χ2n) is 8.90. The molecule has 2 N–H and O–H groups in total. The first kappa shape index (κ1) is 20.7. The molecule has 6 heteroatoms. The highest BCUT2D eigenvalue weighted by Gasteiger charge is 2.28. The summed E-state index contributed by atoms with van der Waals surface area (Å²) in [7, 11) is 0. The van der Waals surface area contributed by atoms with Gasteiger partial charge in [-0.3, -0.25) is 10.1 Å². The number of carbonyl (C=O) groups is 2. The minimum atomic E-state index is -0.428. The van der Waals surface area contributed by atoms with Crippen molar-refractivity contribution in [2.45, 2.75) is 44.9 Å². The number of carbonyl (C=O) groups excluding carboxylic acids is 2. The standard InChI is InChI=1S/C25H26N4O2/c1-25(2,3)18-11-9-16(10-12-18)17-13-21-20(22(30)14-17)15-26-23(28-21)29-24(31)27-19-7-5-4-6-8-19/h4-12,15,17H,13-14H2,1-3H3,(H2,26,27,28,29,31)/t17-/m0/s1. The van der Waals surface area contributed by atoms with Crippen LogP contribution in [0.25, 0.3) is 0 Å². The van der Waals surface area contributed by atoms with E-state index in [0.717, 1.165) is 5.56 Å². The molecule has 2 amide bonds. The maximum atomic E-state index is 12.7. The van der Waals surface area contributed by atoms with Crippen molar-refractivity contribution in [3.63, 3.8) is 0 Å². The van der Waals surface area contributed by atoms with Crippen molar-refractivity contribution in [2.75, 3.05) is 10.6 Å². The van der Waals surface area contributed by atoms with Gasteiger partial charge < -0.3 is 5.32 Å². The lowest BCUT2D eigenvalue weighted by Gasteiger charge is -2.25. The van der Waals surface area contributed by atoms with Crippen LogP contribution >= 0.6 is 0 Å². The number of anilines is 2. The van der Waals surface area contributed by atoms with Gasteiger partial charge in [0.15, 0.2) is 5.78 Å². The van der Waals surface area contributed by atoms with E-state index in [4.69, 9.17) is 0 Å². The fourth-order valence-electron chi connectivity index (χ4n) is 3.78. The molecule has 1 aliphatic rings. The molecule has 0 saturated carbocycles. The van der Waals surface area contributed by atoms with Crippen LogP contribution in [0.2, 0.25) is 0 Å². The summed E-state index contributed by atoms with van der Waals surface area (Å²) in [5, 5.41) is 5.38. The van der Waals surface area contributed by atoms with E-state index < -0.39 is 6.03 Å². The average Bonchev–Trinajstić information content (AvgIpc) is 2.73. The smallest absolute Gasteiger partial charge is 0.308 e. The second-order valence-corrected chi connectivity index (χ2v) is 8.90. The number of ketones is 1. The van der Waals surface area contributed by atoms with Crippen LogP contribution < -0.4 is 10.6 Å². The topological polar surface area (TPSA) is 84.0 Å². The summed E-state index contributed by atoms with van der Waals surface area (Å²) >= 11 is 0. The van der Waals surface area contributed by atoms with Gasteiger partial charge in [0.2, 0.25) is 5.95 Å². The van der Waals surface area contributed by atoms with Crippen LogP contribution in [0.15, 0.2) is 60.8 Å². The largest absolute Gasteiger partial charge is 0.326 e. The van der Waals surface area contributed by atoms with E-state index in [-0.39, 0.29) is 23.1 Å². The molecule has 1 heterocycles. The fraction of sp³-hybridized carbons (Fsp3) is 0.280. The highest BCUT2D eigenvalue weighted by Crippen LogP contribution is 2.33. The van der Waals surface area contributed by atoms with E-state index in [2.05, 4.69) is 65.6 Å². The molecule has 1 atom stereocenters. The van der Waals surface area contributed by atoms with E-state index in [0.29, 0.717) is 29.8 Å². The number of fused-ring (bicyclic) bond motifs is 1. The highest BCUT2D eigenvalue weighted by molar-refractivity contribution is 6.00. The van der Waals surface area contributed by atoms with Gasteiger partial charge in [0.05, 0.1) is 11.3 Å². The Kier molecular flexibility index (Phi) is 5.55. The Hall–Kier alpha value is -3.54. The van der Waals surface area contributed by atoms with Crippen LogP contribution in [0.1, 0.15) is 60.3 Å². The summed E-state index contributed by atoms with van der Waals surface area (Å²) in [5.74, 6) is 0.282. The monoisotopic (exact) mass is 414 g/mol. The molecule has 6 nitrogen and oxygen atoms in total. The van der Waals surface area contributed by atoms with Gasteiger partial charge in [-0.25, -0.2) is 14.8 Å². The number of para-hydroxylation sites is 1. The van der Waals surface area contributed by atoms with Gasteiger partial charge in [0.25, 0.3) is 0 Å². The molecule has 0 fully saturated rings. The third-order valence-corrected chi connectivity index (χ3v) is 5.54. The maximum Gasteiger partial charge on any atom is 0.326 e. The van der Waals surface area contributed by atoms with Crippen LogP contribution in [0.4, 0.5) is 16.4 Å². The van der Waals surface area contributed by atoms with Crippen molar-refractivity contribution in [2.24, 2.45) is 0 Å². The Bertz CT molecular complexity index is 1100. The van der Waals surface area contributed by atoms with Crippen LogP contribution in [-0.4, -0.2) is 21.8 Å². The molecule has 0 radical (unpaired) electrons. The number of hydrogen-bond acceptors (Lipinski definition) is 4. The molecule has 1 aromatic heterocycles. The van der Waals surface area contributed by atoms with Gasteiger partial charge in [0.1, 0.15) is 0 Å². The first-order valence-corrected chi connectivity index (χ1v) is 10.4. The summed E-state index contributed by atoms with van der Waals surface area (Å²) < 4.78 is 0. The molecule has 0 spiro atoms. The van der Waals surface area contributed by atoms with Crippen LogP contribution in [-0.2, 0) is 11.8 Å². The SMILES string of the molecule is CC(C)(C)c1ccc([C@@H]2CC(=O)c3cnc(NC(=O)Nc4ccccc4)nc3C2)cc1. The van der Waals surface area contributed by atoms with Crippen molar-refractivity contribution >= 4 is 23.5 Å². The number of nitrogens with one attached hydrogen (secondary N) is 2. The van der Waals surface area contributed by atoms with Gasteiger partial charge in [-0.05, 0) is 41.0 Å². The Morgan fingerprint density at radius 2 is 1.68 bits per heavy atom. The predicted molar refractivity (Wildman–Crippen MR) is 122 cm³/mol. The molecule has 0 unspecified atom stereocenters. The summed E-state index contributed by atoms with van der Waals surface area (Å²) in [4.78, 5) is 33.6. The van der Waals surface area contributed by atoms with Crippen LogP contribution in [0.5, 0.6) is 0 Å². The van der Waals surface area contributed by atoms with Crippen molar-refractivity contribution in [1.82, 2.24) is 9.97 Å². The molecule has 3 aromatic rings. The Balaban J connectivity index is 1.50. The third-order valence-electron chi connectivity index (χ3n) is 5.54. The molecule has 0 bridgehead atoms. The van der Waals surface area contributed by atoms with Crippen LogP contribution in [0, 0.1) is 0 Å². The Labute approximate surface area is 182 Å². The molecule has 0 aliphatic heterocycles. The molecular weight excluding hydrogens is 388 g/mol. The van der Waals surface area contributed by atoms with E-state index in [1.54, 1.807) is 12.1 Å². The maximum absolute atomic E-state index is 12.7. The summed E-state index contributed by atoms with van der Waals surface area (Å²) in [6.45, 7) is 6.55. The predicted octanol–water partition coefficient (Wildman–Crippen LogP) is 5.33. The van der Waals surface area contributed by atoms with E-state index in [1.165, 1.54) is 11.8 Å². The van der Waals surface area contributed by atoms with E-state index in [9.17, 15) is 9.59 Å². The van der Waals surface area contributed by atoms with E-state index in [1.807, 2.05) is 18.2 Å². The number of benzene rings is 2. The van der Waals surface area contributed by atoms with Gasteiger partial charge in [-0.2, -0.15) is 0 Å². The van der Waals surface area contributed by atoms with Crippen molar-refractivity contribution in [1.29, 1.82) is 0 Å². The number of hydrogen-bond donors (Lipinski definition) is 2. The molecular formula is C25H26N4O2. The van der Waals surface area contributed by atoms with Gasteiger partial charge in [-0.15, -0.1) is 0 Å². The zero-order valence-electron chi connectivity index (χ0n) is 18.0. The molecule has 0 saturated heterocycles. The van der Waals surface area contributed by atoms with Gasteiger partial charge in [-0.1, -0.05) is 63.2 Å². The number of rotatable bonds is 3. The van der Waals surface area contributed by atoms with E-state index >= 15 is 0 Å². The zero-order valence-corrected chi connectivity index (χ0v) is 18.0. The summed E-state index contributed by atoms with van der Waals surface area (Å²) in [6, 6.07) is 17.2. The number of Topliss-reactive ketones (excluding diaryl/α,β-unsaturated/α-hetero) is 1. The van der Waals surface area contributed by atoms with Gasteiger partial charge >= 0.3 is 6.03 Å². The minimum Gasteiger partial charge on any atom is -0.308 e. The summed E-state index contributed by atoms with van der Waals surface area (Å²) in [6.07, 6.45) is 2.58. The minimum absolute atomic E-state index is 0.0337. The number of aromatic nitrogens is 2. The molecule has 31 heavy (non-hydrogen) atoms. The molecule has 1 aliphatic carbocycles.